The Labute approximate surface area is 263 Å². The number of alkyl halides is 2. The molecule has 3 N–H and O–H groups in total. The number of carbonyl (C=O) groups is 3. The van der Waals surface area contributed by atoms with Crippen molar-refractivity contribution >= 4 is 104 Å². The van der Waals surface area contributed by atoms with Gasteiger partial charge in [0.15, 0.2) is 5.82 Å². The average molecular weight is 684 g/mol. The standard InChI is InChI=1S/C27H19Cl6F2N3O3/c1-2-3-19(39)38-24-17(34)6-7-18(23(24)35)37-25(40)13-10-12(4-5-14(13)28)36-26(41)21-20(27(21,32)33)11-8-15(29)22(31)16(30)9-11/h4-10,20-21H,2-3H2,1H3,(H,36,41)(H,37,40)(H,38,39)/t20-,21+/m0/s1. The Bertz CT molecular complexity index is 1550. The van der Waals surface area contributed by atoms with Crippen molar-refractivity contribution in [3.63, 3.8) is 0 Å². The van der Waals surface area contributed by atoms with Gasteiger partial charge in [0.2, 0.25) is 11.8 Å². The lowest BCUT2D eigenvalue weighted by molar-refractivity contribution is -0.117. The molecule has 1 fully saturated rings. The van der Waals surface area contributed by atoms with Crippen molar-refractivity contribution in [3.05, 3.63) is 85.3 Å². The third-order valence-corrected chi connectivity index (χ3v) is 8.73. The number of anilines is 3. The third-order valence-electron chi connectivity index (χ3n) is 6.26. The summed E-state index contributed by atoms with van der Waals surface area (Å²) < 4.78 is 27.7. The quantitative estimate of drug-likeness (QED) is 0.164. The average Bonchev–Trinajstić information content (AvgIpc) is 3.49. The lowest BCUT2D eigenvalue weighted by Gasteiger charge is -2.13. The van der Waals surface area contributed by atoms with Crippen LogP contribution in [-0.4, -0.2) is 22.1 Å². The number of hydrogen-bond acceptors (Lipinski definition) is 3. The highest BCUT2D eigenvalue weighted by Gasteiger charge is 2.67. The molecule has 0 unspecified atom stereocenters. The molecule has 0 radical (unpaired) electrons. The Balaban J connectivity index is 1.52. The zero-order valence-corrected chi connectivity index (χ0v) is 25.4. The first-order chi connectivity index (χ1) is 19.3. The molecule has 1 aliphatic rings. The number of hydrogen-bond donors (Lipinski definition) is 3. The molecule has 14 heteroatoms. The maximum Gasteiger partial charge on any atom is 0.257 e. The van der Waals surface area contributed by atoms with E-state index >= 15 is 0 Å². The molecule has 1 aliphatic carbocycles. The molecule has 0 bridgehead atoms. The monoisotopic (exact) mass is 681 g/mol. The number of benzene rings is 3. The molecule has 216 valence electrons. The minimum atomic E-state index is -1.47. The number of amides is 3. The Hall–Kier alpha value is -2.33. The van der Waals surface area contributed by atoms with Gasteiger partial charge in [-0.15, -0.1) is 23.2 Å². The molecule has 2 atom stereocenters. The summed E-state index contributed by atoms with van der Waals surface area (Å²) in [5.41, 5.74) is -0.544. The van der Waals surface area contributed by atoms with Crippen LogP contribution < -0.4 is 16.0 Å². The van der Waals surface area contributed by atoms with E-state index in [0.717, 1.165) is 12.1 Å². The summed E-state index contributed by atoms with van der Waals surface area (Å²) in [6, 6.07) is 8.99. The minimum Gasteiger partial charge on any atom is -0.326 e. The molecular weight excluding hydrogens is 665 g/mol. The molecule has 3 amide bonds. The van der Waals surface area contributed by atoms with Crippen LogP contribution in [0.3, 0.4) is 0 Å². The van der Waals surface area contributed by atoms with Crippen molar-refractivity contribution in [2.24, 2.45) is 5.92 Å². The second kappa shape index (κ2) is 12.5. The molecule has 0 aliphatic heterocycles. The lowest BCUT2D eigenvalue weighted by Crippen LogP contribution is -2.19. The molecule has 3 aromatic rings. The maximum absolute atomic E-state index is 15.0. The van der Waals surface area contributed by atoms with Crippen LogP contribution in [0.4, 0.5) is 25.8 Å². The van der Waals surface area contributed by atoms with Gasteiger partial charge >= 0.3 is 0 Å². The Morgan fingerprint density at radius 1 is 0.878 bits per heavy atom. The van der Waals surface area contributed by atoms with E-state index in [4.69, 9.17) is 69.6 Å². The molecule has 0 spiro atoms. The van der Waals surface area contributed by atoms with Gasteiger partial charge in [-0.2, -0.15) is 0 Å². The van der Waals surface area contributed by atoms with Crippen molar-refractivity contribution in [3.8, 4) is 0 Å². The van der Waals surface area contributed by atoms with E-state index in [1.165, 1.54) is 30.3 Å². The second-order valence-corrected chi connectivity index (χ2v) is 12.2. The zero-order valence-electron chi connectivity index (χ0n) is 20.9. The zero-order chi connectivity index (χ0) is 30.2. The molecule has 1 saturated carbocycles. The van der Waals surface area contributed by atoms with Crippen LogP contribution >= 0.6 is 69.6 Å². The van der Waals surface area contributed by atoms with E-state index in [-0.39, 0.29) is 37.8 Å². The van der Waals surface area contributed by atoms with Crippen LogP contribution in [0, 0.1) is 17.6 Å². The summed E-state index contributed by atoms with van der Waals surface area (Å²) in [7, 11) is 0. The predicted molar refractivity (Wildman–Crippen MR) is 160 cm³/mol. The molecule has 0 saturated heterocycles. The molecule has 4 rings (SSSR count). The summed E-state index contributed by atoms with van der Waals surface area (Å²) in [4.78, 5) is 37.9. The molecule has 0 heterocycles. The SMILES string of the molecule is CCCC(=O)Nc1c(F)ccc(NC(=O)c2cc(NC(=O)[C@H]3[C@H](c4cc(Cl)c(Cl)c(Cl)c4)C3(Cl)Cl)ccc2Cl)c1F. The van der Waals surface area contributed by atoms with Gasteiger partial charge in [0.05, 0.1) is 37.3 Å². The lowest BCUT2D eigenvalue weighted by atomic mass is 10.1. The van der Waals surface area contributed by atoms with E-state index in [1.54, 1.807) is 6.92 Å². The van der Waals surface area contributed by atoms with E-state index in [2.05, 4.69) is 16.0 Å². The van der Waals surface area contributed by atoms with Gasteiger partial charge in [0.25, 0.3) is 5.91 Å². The first kappa shape index (κ1) is 31.6. The summed E-state index contributed by atoms with van der Waals surface area (Å²) >= 11 is 37.2. The summed E-state index contributed by atoms with van der Waals surface area (Å²) in [6.07, 6.45) is 0.528. The van der Waals surface area contributed by atoms with Crippen LogP contribution in [0.2, 0.25) is 20.1 Å². The van der Waals surface area contributed by atoms with Gasteiger partial charge in [-0.25, -0.2) is 8.78 Å². The summed E-state index contributed by atoms with van der Waals surface area (Å²) in [5.74, 6) is -5.74. The van der Waals surface area contributed by atoms with Gasteiger partial charge in [-0.05, 0) is 54.4 Å². The molecule has 41 heavy (non-hydrogen) atoms. The van der Waals surface area contributed by atoms with Crippen molar-refractivity contribution in [1.29, 1.82) is 0 Å². The van der Waals surface area contributed by atoms with Gasteiger partial charge in [-0.1, -0.05) is 53.3 Å². The largest absolute Gasteiger partial charge is 0.326 e. The van der Waals surface area contributed by atoms with Crippen molar-refractivity contribution in [2.75, 3.05) is 16.0 Å². The summed E-state index contributed by atoms with van der Waals surface area (Å²) in [5, 5.41) is 7.59. The number of nitrogens with one attached hydrogen (secondary N) is 3. The van der Waals surface area contributed by atoms with Crippen LogP contribution in [0.15, 0.2) is 42.5 Å². The number of carbonyl (C=O) groups excluding carboxylic acids is 3. The Morgan fingerprint density at radius 3 is 2.17 bits per heavy atom. The maximum atomic E-state index is 15.0. The summed E-state index contributed by atoms with van der Waals surface area (Å²) in [6.45, 7) is 1.74. The van der Waals surface area contributed by atoms with E-state index in [1.807, 2.05) is 0 Å². The fourth-order valence-electron chi connectivity index (χ4n) is 4.20. The smallest absolute Gasteiger partial charge is 0.257 e. The number of rotatable bonds is 8. The molecule has 3 aromatic carbocycles. The molecule has 0 aromatic heterocycles. The highest BCUT2D eigenvalue weighted by atomic mass is 35.5. The van der Waals surface area contributed by atoms with Gasteiger partial charge in [-0.3, -0.25) is 14.4 Å². The van der Waals surface area contributed by atoms with E-state index in [9.17, 15) is 23.2 Å². The fraction of sp³-hybridized carbons (Fsp3) is 0.222. The first-order valence-corrected chi connectivity index (χ1v) is 14.2. The number of halogens is 8. The van der Waals surface area contributed by atoms with Crippen LogP contribution in [0.25, 0.3) is 0 Å². The Morgan fingerprint density at radius 2 is 1.54 bits per heavy atom. The molecule has 6 nitrogen and oxygen atoms in total. The van der Waals surface area contributed by atoms with Crippen LogP contribution in [0.1, 0.15) is 41.6 Å². The predicted octanol–water partition coefficient (Wildman–Crippen LogP) is 9.10. The Kier molecular flexibility index (Phi) is 9.63. The highest BCUT2D eigenvalue weighted by Crippen LogP contribution is 2.65. The minimum absolute atomic E-state index is 0.0155. The fourth-order valence-corrected chi connectivity index (χ4v) is 5.85. The van der Waals surface area contributed by atoms with Crippen molar-refractivity contribution < 1.29 is 23.2 Å². The van der Waals surface area contributed by atoms with Crippen molar-refractivity contribution in [1.82, 2.24) is 0 Å². The van der Waals surface area contributed by atoms with Crippen LogP contribution in [0.5, 0.6) is 0 Å². The van der Waals surface area contributed by atoms with Gasteiger partial charge in [0, 0.05) is 18.0 Å². The third kappa shape index (κ3) is 6.69. The van der Waals surface area contributed by atoms with Gasteiger partial charge in [0.1, 0.15) is 15.8 Å². The highest BCUT2D eigenvalue weighted by molar-refractivity contribution is 6.54. The topological polar surface area (TPSA) is 87.3 Å². The van der Waals surface area contributed by atoms with Crippen LogP contribution in [-0.2, 0) is 9.59 Å². The molecular formula is C27H19Cl6F2N3O3. The normalized spacial score (nSPS) is 17.1. The van der Waals surface area contributed by atoms with Crippen molar-refractivity contribution in [2.45, 2.75) is 30.0 Å². The van der Waals surface area contributed by atoms with E-state index in [0.29, 0.717) is 12.0 Å². The van der Waals surface area contributed by atoms with Gasteiger partial charge < -0.3 is 16.0 Å². The van der Waals surface area contributed by atoms with E-state index < -0.39 is 56.9 Å². The first-order valence-electron chi connectivity index (χ1n) is 12.0. The second-order valence-electron chi connectivity index (χ2n) is 9.15.